The largest absolute Gasteiger partial charge is 0.380 e. The highest BCUT2D eigenvalue weighted by Crippen LogP contribution is 2.31. The van der Waals surface area contributed by atoms with Gasteiger partial charge in [0.15, 0.2) is 9.60 Å². The predicted octanol–water partition coefficient (Wildman–Crippen LogP) is 3.77. The first kappa shape index (κ1) is 16.1. The van der Waals surface area contributed by atoms with Gasteiger partial charge in [0.2, 0.25) is 0 Å². The van der Waals surface area contributed by atoms with Crippen molar-refractivity contribution >= 4 is 55.3 Å². The molecule has 1 N–H and O–H groups in total. The van der Waals surface area contributed by atoms with Gasteiger partial charge in [-0.3, -0.25) is 0 Å². The highest BCUT2D eigenvalue weighted by atomic mass is 35.5. The summed E-state index contributed by atoms with van der Waals surface area (Å²) in [7, 11) is 2.17. The molecule has 0 amide bonds. The third kappa shape index (κ3) is 3.49. The molecule has 2 aromatic heterocycles. The zero-order valence-corrected chi connectivity index (χ0v) is 15.7. The van der Waals surface area contributed by atoms with E-state index in [1.165, 1.54) is 16.0 Å². The lowest BCUT2D eigenvalue weighted by Crippen LogP contribution is -2.44. The van der Waals surface area contributed by atoms with E-state index in [0.717, 1.165) is 53.9 Å². The molecule has 0 unspecified atom stereocenters. The minimum absolute atomic E-state index is 0.585. The minimum Gasteiger partial charge on any atom is -0.380 e. The molecule has 0 spiro atoms. The van der Waals surface area contributed by atoms with E-state index in [1.54, 1.807) is 11.3 Å². The van der Waals surface area contributed by atoms with Gasteiger partial charge in [-0.05, 0) is 25.2 Å². The van der Waals surface area contributed by atoms with Crippen molar-refractivity contribution in [2.24, 2.45) is 0 Å². The Labute approximate surface area is 153 Å². The average Bonchev–Trinajstić information content (AvgIpc) is 3.19. The highest BCUT2D eigenvalue weighted by molar-refractivity contribution is 7.22. The summed E-state index contributed by atoms with van der Waals surface area (Å²) in [4.78, 5) is 14.7. The summed E-state index contributed by atoms with van der Waals surface area (Å²) >= 11 is 9.15. The number of thiazole rings is 2. The number of likely N-dealkylation sites (N-methyl/N-ethyl adjacent to an activating group) is 1. The molecule has 0 bridgehead atoms. The first-order valence-corrected chi connectivity index (χ1v) is 9.87. The number of nitrogens with zero attached hydrogens (tertiary/aromatic N) is 4. The van der Waals surface area contributed by atoms with Crippen molar-refractivity contribution in [3.05, 3.63) is 33.7 Å². The SMILES string of the molecule is CN1CCN(c2nc3ccc(NCc4cnc(Cl)s4)cc3s2)CC1. The molecule has 1 aliphatic heterocycles. The number of nitrogens with one attached hydrogen (secondary N) is 1. The van der Waals surface area contributed by atoms with E-state index in [-0.39, 0.29) is 0 Å². The van der Waals surface area contributed by atoms with Crippen LogP contribution in [0.15, 0.2) is 24.4 Å². The summed E-state index contributed by atoms with van der Waals surface area (Å²) in [6.07, 6.45) is 1.82. The van der Waals surface area contributed by atoms with Crippen molar-refractivity contribution in [2.45, 2.75) is 6.54 Å². The molecule has 0 aliphatic carbocycles. The second kappa shape index (κ2) is 6.84. The summed E-state index contributed by atoms with van der Waals surface area (Å²) in [6.45, 7) is 5.03. The zero-order chi connectivity index (χ0) is 16.5. The molecule has 4 rings (SSSR count). The third-order valence-electron chi connectivity index (χ3n) is 4.14. The van der Waals surface area contributed by atoms with Crippen LogP contribution in [0.1, 0.15) is 4.88 Å². The van der Waals surface area contributed by atoms with Gasteiger partial charge in [0, 0.05) is 42.9 Å². The summed E-state index contributed by atoms with van der Waals surface area (Å²) in [6, 6.07) is 6.35. The molecule has 24 heavy (non-hydrogen) atoms. The van der Waals surface area contributed by atoms with E-state index in [9.17, 15) is 0 Å². The van der Waals surface area contributed by atoms with E-state index in [1.807, 2.05) is 6.20 Å². The van der Waals surface area contributed by atoms with E-state index < -0.39 is 0 Å². The number of halogens is 1. The summed E-state index contributed by atoms with van der Waals surface area (Å²) in [5.74, 6) is 0. The Morgan fingerprint density at radius 1 is 1.21 bits per heavy atom. The van der Waals surface area contributed by atoms with Crippen LogP contribution >= 0.6 is 34.3 Å². The minimum atomic E-state index is 0.585. The van der Waals surface area contributed by atoms with Crippen molar-refractivity contribution in [3.8, 4) is 0 Å². The number of hydrogen-bond donors (Lipinski definition) is 1. The monoisotopic (exact) mass is 379 g/mol. The van der Waals surface area contributed by atoms with Crippen molar-refractivity contribution in [3.63, 3.8) is 0 Å². The van der Waals surface area contributed by atoms with Gasteiger partial charge in [0.05, 0.1) is 16.8 Å². The Morgan fingerprint density at radius 3 is 2.79 bits per heavy atom. The summed E-state index contributed by atoms with van der Waals surface area (Å²) in [5, 5.41) is 4.56. The summed E-state index contributed by atoms with van der Waals surface area (Å²) < 4.78 is 1.80. The van der Waals surface area contributed by atoms with Crippen LogP contribution < -0.4 is 10.2 Å². The van der Waals surface area contributed by atoms with E-state index >= 15 is 0 Å². The maximum Gasteiger partial charge on any atom is 0.186 e. The summed E-state index contributed by atoms with van der Waals surface area (Å²) in [5.41, 5.74) is 2.17. The average molecular weight is 380 g/mol. The molecular formula is C16H18ClN5S2. The first-order chi connectivity index (χ1) is 11.7. The van der Waals surface area contributed by atoms with Gasteiger partial charge in [0.25, 0.3) is 0 Å². The predicted molar refractivity (Wildman–Crippen MR) is 104 cm³/mol. The normalized spacial score (nSPS) is 16.0. The molecule has 5 nitrogen and oxygen atoms in total. The van der Waals surface area contributed by atoms with Gasteiger partial charge in [0.1, 0.15) is 0 Å². The molecule has 0 saturated carbocycles. The van der Waals surface area contributed by atoms with Gasteiger partial charge in [-0.25, -0.2) is 9.97 Å². The fourth-order valence-electron chi connectivity index (χ4n) is 2.71. The molecule has 1 aliphatic rings. The topological polar surface area (TPSA) is 44.3 Å². The second-order valence-electron chi connectivity index (χ2n) is 5.90. The van der Waals surface area contributed by atoms with Gasteiger partial charge in [-0.15, -0.1) is 11.3 Å². The zero-order valence-electron chi connectivity index (χ0n) is 13.3. The van der Waals surface area contributed by atoms with Gasteiger partial charge >= 0.3 is 0 Å². The van der Waals surface area contributed by atoms with Crippen LogP contribution in [0.4, 0.5) is 10.8 Å². The standard InChI is InChI=1S/C16H18ClN5S2/c1-21-4-6-22(7-5-21)16-20-13-3-2-11(8-14(13)24-16)18-9-12-10-19-15(17)23-12/h2-3,8,10,18H,4-7,9H2,1H3. The fraction of sp³-hybridized carbons (Fsp3) is 0.375. The highest BCUT2D eigenvalue weighted by Gasteiger charge is 2.17. The molecule has 0 radical (unpaired) electrons. The lowest BCUT2D eigenvalue weighted by molar-refractivity contribution is 0.313. The number of aromatic nitrogens is 2. The molecule has 8 heteroatoms. The van der Waals surface area contributed by atoms with Crippen LogP contribution in [-0.2, 0) is 6.54 Å². The molecule has 3 aromatic rings. The van der Waals surface area contributed by atoms with Crippen molar-refractivity contribution in [2.75, 3.05) is 43.4 Å². The fourth-order valence-corrected chi connectivity index (χ4v) is 4.68. The number of benzene rings is 1. The molecule has 1 aromatic carbocycles. The maximum atomic E-state index is 5.87. The second-order valence-corrected chi connectivity index (χ2v) is 8.61. The van der Waals surface area contributed by atoms with Crippen molar-refractivity contribution in [1.29, 1.82) is 0 Å². The van der Waals surface area contributed by atoms with E-state index in [2.05, 4.69) is 45.3 Å². The molecule has 3 heterocycles. The van der Waals surface area contributed by atoms with Crippen LogP contribution in [0.25, 0.3) is 10.2 Å². The lowest BCUT2D eigenvalue weighted by atomic mass is 10.3. The Bertz CT molecular complexity index is 838. The first-order valence-electron chi connectivity index (χ1n) is 7.85. The molecule has 1 saturated heterocycles. The van der Waals surface area contributed by atoms with Gasteiger partial charge in [-0.2, -0.15) is 0 Å². The van der Waals surface area contributed by atoms with Crippen LogP contribution in [0.3, 0.4) is 0 Å². The number of piperazine rings is 1. The van der Waals surface area contributed by atoms with Gasteiger partial charge < -0.3 is 15.1 Å². The molecule has 1 fully saturated rings. The van der Waals surface area contributed by atoms with Crippen LogP contribution in [-0.4, -0.2) is 48.1 Å². The van der Waals surface area contributed by atoms with Crippen LogP contribution in [0.5, 0.6) is 0 Å². The maximum absolute atomic E-state index is 5.87. The third-order valence-corrected chi connectivity index (χ3v) is 6.34. The lowest BCUT2D eigenvalue weighted by Gasteiger charge is -2.31. The van der Waals surface area contributed by atoms with Crippen LogP contribution in [0, 0.1) is 0 Å². The number of anilines is 2. The Morgan fingerprint density at radius 2 is 2.04 bits per heavy atom. The number of fused-ring (bicyclic) bond motifs is 1. The van der Waals surface area contributed by atoms with E-state index in [0.29, 0.717) is 4.47 Å². The molecule has 0 atom stereocenters. The van der Waals surface area contributed by atoms with E-state index in [4.69, 9.17) is 16.6 Å². The Kier molecular flexibility index (Phi) is 4.58. The Hall–Kier alpha value is -1.41. The molecular weight excluding hydrogens is 362 g/mol. The quantitative estimate of drug-likeness (QED) is 0.747. The van der Waals surface area contributed by atoms with Crippen molar-refractivity contribution < 1.29 is 0 Å². The number of hydrogen-bond acceptors (Lipinski definition) is 7. The van der Waals surface area contributed by atoms with Crippen molar-refractivity contribution in [1.82, 2.24) is 14.9 Å². The smallest absolute Gasteiger partial charge is 0.186 e. The number of rotatable bonds is 4. The van der Waals surface area contributed by atoms with Crippen LogP contribution in [0.2, 0.25) is 4.47 Å². The molecule has 126 valence electrons. The Balaban J connectivity index is 1.48. The van der Waals surface area contributed by atoms with Gasteiger partial charge in [-0.1, -0.05) is 22.9 Å².